The predicted molar refractivity (Wildman–Crippen MR) is 101 cm³/mol. The van der Waals surface area contributed by atoms with Gasteiger partial charge in [0.25, 0.3) is 5.91 Å². The van der Waals surface area contributed by atoms with Crippen LogP contribution in [0.5, 0.6) is 0 Å². The van der Waals surface area contributed by atoms with Crippen LogP contribution in [0.25, 0.3) is 0 Å². The number of nitrogens with one attached hydrogen (secondary N) is 1. The molecule has 5 nitrogen and oxygen atoms in total. The summed E-state index contributed by atoms with van der Waals surface area (Å²) in [6.45, 7) is -0.0145. The van der Waals surface area contributed by atoms with Crippen LogP contribution in [0.4, 0.5) is 0 Å². The Morgan fingerprint density at radius 3 is 2.58 bits per heavy atom. The molecule has 0 aliphatic rings. The zero-order chi connectivity index (χ0) is 18.5. The third kappa shape index (κ3) is 4.12. The number of aryl methyl sites for hydroxylation is 2. The summed E-state index contributed by atoms with van der Waals surface area (Å²) in [5.74, 6) is -0.499. The number of aromatic amines is 1. The standard InChI is InChI=1S/C20H20ClN3O2/c21-16-7-3-4-13(10-16)11-18-19(20(22)26)17(23-24-18)9-8-14-5-1-2-6-15(14)12-25/h1-7,10,25H,8-9,11-12H2,(H2,22,26)(H,23,24). The third-order valence-electron chi connectivity index (χ3n) is 4.35. The van der Waals surface area contributed by atoms with Crippen LogP contribution < -0.4 is 5.73 Å². The van der Waals surface area contributed by atoms with Crippen molar-refractivity contribution < 1.29 is 9.90 Å². The van der Waals surface area contributed by atoms with Crippen LogP contribution >= 0.6 is 11.6 Å². The number of carbonyl (C=O) groups is 1. The van der Waals surface area contributed by atoms with Gasteiger partial charge in [0.1, 0.15) is 0 Å². The molecule has 0 fully saturated rings. The first-order valence-corrected chi connectivity index (χ1v) is 8.74. The van der Waals surface area contributed by atoms with Crippen LogP contribution in [0.1, 0.15) is 38.4 Å². The molecule has 1 heterocycles. The molecule has 26 heavy (non-hydrogen) atoms. The van der Waals surface area contributed by atoms with Gasteiger partial charge >= 0.3 is 0 Å². The van der Waals surface area contributed by atoms with E-state index in [0.29, 0.717) is 41.2 Å². The number of nitrogens with two attached hydrogens (primary N) is 1. The number of benzene rings is 2. The number of amides is 1. The van der Waals surface area contributed by atoms with E-state index >= 15 is 0 Å². The van der Waals surface area contributed by atoms with Crippen molar-refractivity contribution >= 4 is 17.5 Å². The van der Waals surface area contributed by atoms with Crippen molar-refractivity contribution in [2.45, 2.75) is 25.9 Å². The zero-order valence-corrected chi connectivity index (χ0v) is 15.0. The highest BCUT2D eigenvalue weighted by Crippen LogP contribution is 2.20. The Labute approximate surface area is 156 Å². The Hall–Kier alpha value is -2.63. The van der Waals surface area contributed by atoms with Gasteiger partial charge in [-0.05, 0) is 41.7 Å². The number of aromatic nitrogens is 2. The van der Waals surface area contributed by atoms with E-state index in [1.807, 2.05) is 42.5 Å². The Kier molecular flexibility index (Phi) is 5.71. The highest BCUT2D eigenvalue weighted by Gasteiger charge is 2.18. The van der Waals surface area contributed by atoms with Crippen LogP contribution in [0.2, 0.25) is 5.02 Å². The van der Waals surface area contributed by atoms with E-state index in [0.717, 1.165) is 16.7 Å². The number of hydrogen-bond donors (Lipinski definition) is 3. The summed E-state index contributed by atoms with van der Waals surface area (Å²) in [6.07, 6.45) is 1.72. The van der Waals surface area contributed by atoms with Crippen LogP contribution in [0.3, 0.4) is 0 Å². The minimum absolute atomic E-state index is 0.0145. The SMILES string of the molecule is NC(=O)c1c(CCc2ccccc2CO)n[nH]c1Cc1cccc(Cl)c1. The van der Waals surface area contributed by atoms with E-state index in [2.05, 4.69) is 10.2 Å². The maximum atomic E-state index is 12.0. The summed E-state index contributed by atoms with van der Waals surface area (Å²) in [5, 5.41) is 17.3. The quantitative estimate of drug-likeness (QED) is 0.597. The minimum atomic E-state index is -0.499. The summed E-state index contributed by atoms with van der Waals surface area (Å²) in [5.41, 5.74) is 10.2. The van der Waals surface area contributed by atoms with Gasteiger partial charge in [0.2, 0.25) is 0 Å². The second-order valence-electron chi connectivity index (χ2n) is 6.12. The molecule has 3 aromatic rings. The molecule has 0 atom stereocenters. The van der Waals surface area contributed by atoms with E-state index in [4.69, 9.17) is 17.3 Å². The molecule has 0 aliphatic heterocycles. The zero-order valence-electron chi connectivity index (χ0n) is 14.2. The van der Waals surface area contributed by atoms with Gasteiger partial charge in [0.15, 0.2) is 0 Å². The van der Waals surface area contributed by atoms with Crippen molar-refractivity contribution in [2.24, 2.45) is 5.73 Å². The van der Waals surface area contributed by atoms with Crippen LogP contribution in [-0.2, 0) is 25.9 Å². The number of halogens is 1. The van der Waals surface area contributed by atoms with Gasteiger partial charge in [0.05, 0.1) is 23.6 Å². The van der Waals surface area contributed by atoms with Gasteiger partial charge in [-0.2, -0.15) is 5.10 Å². The Balaban J connectivity index is 1.82. The molecule has 0 saturated heterocycles. The van der Waals surface area contributed by atoms with E-state index < -0.39 is 5.91 Å². The summed E-state index contributed by atoms with van der Waals surface area (Å²) < 4.78 is 0. The second kappa shape index (κ2) is 8.17. The largest absolute Gasteiger partial charge is 0.392 e. The smallest absolute Gasteiger partial charge is 0.252 e. The van der Waals surface area contributed by atoms with Gasteiger partial charge in [-0.3, -0.25) is 9.89 Å². The lowest BCUT2D eigenvalue weighted by atomic mass is 9.99. The number of hydrogen-bond acceptors (Lipinski definition) is 3. The summed E-state index contributed by atoms with van der Waals surface area (Å²) in [6, 6.07) is 15.1. The van der Waals surface area contributed by atoms with Crippen molar-refractivity contribution in [3.05, 3.63) is 87.2 Å². The molecule has 3 rings (SSSR count). The fraction of sp³-hybridized carbons (Fsp3) is 0.200. The number of carbonyl (C=O) groups excluding carboxylic acids is 1. The summed E-state index contributed by atoms with van der Waals surface area (Å²) in [7, 11) is 0. The summed E-state index contributed by atoms with van der Waals surface area (Å²) in [4.78, 5) is 12.0. The average Bonchev–Trinajstić information content (AvgIpc) is 3.03. The Bertz CT molecular complexity index is 921. The molecule has 0 saturated carbocycles. The number of rotatable bonds is 7. The first-order valence-electron chi connectivity index (χ1n) is 8.36. The molecule has 0 aliphatic carbocycles. The molecule has 6 heteroatoms. The molecule has 1 aromatic heterocycles. The number of aliphatic hydroxyl groups excluding tert-OH is 1. The maximum absolute atomic E-state index is 12.0. The lowest BCUT2D eigenvalue weighted by Crippen LogP contribution is -2.15. The Morgan fingerprint density at radius 2 is 1.88 bits per heavy atom. The second-order valence-corrected chi connectivity index (χ2v) is 6.56. The molecule has 0 spiro atoms. The number of nitrogens with zero attached hydrogens (tertiary/aromatic N) is 1. The van der Waals surface area contributed by atoms with Crippen molar-refractivity contribution in [3.8, 4) is 0 Å². The van der Waals surface area contributed by atoms with Crippen LogP contribution in [0.15, 0.2) is 48.5 Å². The average molecular weight is 370 g/mol. The molecule has 1 amide bonds. The van der Waals surface area contributed by atoms with Gasteiger partial charge < -0.3 is 10.8 Å². The van der Waals surface area contributed by atoms with E-state index in [1.54, 1.807) is 6.07 Å². The predicted octanol–water partition coefficient (Wildman–Crippen LogP) is 3.03. The van der Waals surface area contributed by atoms with Crippen molar-refractivity contribution in [2.75, 3.05) is 0 Å². The van der Waals surface area contributed by atoms with Gasteiger partial charge in [-0.1, -0.05) is 48.0 Å². The Morgan fingerprint density at radius 1 is 1.12 bits per heavy atom. The minimum Gasteiger partial charge on any atom is -0.392 e. The number of H-pyrrole nitrogens is 1. The molecule has 0 radical (unpaired) electrons. The fourth-order valence-corrected chi connectivity index (χ4v) is 3.29. The number of primary amides is 1. The molecule has 134 valence electrons. The highest BCUT2D eigenvalue weighted by molar-refractivity contribution is 6.30. The van der Waals surface area contributed by atoms with Gasteiger partial charge in [0, 0.05) is 11.4 Å². The highest BCUT2D eigenvalue weighted by atomic mass is 35.5. The molecule has 0 bridgehead atoms. The fourth-order valence-electron chi connectivity index (χ4n) is 3.08. The van der Waals surface area contributed by atoms with Gasteiger partial charge in [-0.15, -0.1) is 0 Å². The van der Waals surface area contributed by atoms with E-state index in [9.17, 15) is 9.90 Å². The number of aliphatic hydroxyl groups is 1. The first kappa shape index (κ1) is 18.2. The first-order chi connectivity index (χ1) is 12.6. The van der Waals surface area contributed by atoms with Crippen molar-refractivity contribution in [3.63, 3.8) is 0 Å². The van der Waals surface area contributed by atoms with Crippen molar-refractivity contribution in [1.29, 1.82) is 0 Å². The molecule has 2 aromatic carbocycles. The topological polar surface area (TPSA) is 92.0 Å². The van der Waals surface area contributed by atoms with Crippen LogP contribution in [0, 0.1) is 0 Å². The van der Waals surface area contributed by atoms with E-state index in [1.165, 1.54) is 0 Å². The third-order valence-corrected chi connectivity index (χ3v) is 4.59. The summed E-state index contributed by atoms with van der Waals surface area (Å²) >= 11 is 6.03. The van der Waals surface area contributed by atoms with Gasteiger partial charge in [-0.25, -0.2) is 0 Å². The normalized spacial score (nSPS) is 10.8. The lowest BCUT2D eigenvalue weighted by Gasteiger charge is -2.07. The van der Waals surface area contributed by atoms with Crippen molar-refractivity contribution in [1.82, 2.24) is 10.2 Å². The van der Waals surface area contributed by atoms with E-state index in [-0.39, 0.29) is 6.61 Å². The molecular weight excluding hydrogens is 350 g/mol. The van der Waals surface area contributed by atoms with Crippen LogP contribution in [-0.4, -0.2) is 21.2 Å². The molecular formula is C20H20ClN3O2. The monoisotopic (exact) mass is 369 g/mol. The molecule has 4 N–H and O–H groups in total. The molecule has 0 unspecified atom stereocenters. The maximum Gasteiger partial charge on any atom is 0.252 e. The lowest BCUT2D eigenvalue weighted by molar-refractivity contribution is 0.0998.